The maximum absolute atomic E-state index is 13.3. The molecule has 5 aliphatic rings. The summed E-state index contributed by atoms with van der Waals surface area (Å²) in [5.74, 6) is -4.90. The molecule has 0 N–H and O–H groups in total. The van der Waals surface area contributed by atoms with Crippen molar-refractivity contribution < 1.29 is 42.8 Å². The van der Waals surface area contributed by atoms with Gasteiger partial charge in [0.2, 0.25) is 11.6 Å². The maximum Gasteiger partial charge on any atom is 0.347 e. The van der Waals surface area contributed by atoms with E-state index in [1.165, 1.54) is 71.3 Å². The van der Waals surface area contributed by atoms with Crippen LogP contribution < -0.4 is 0 Å². The molecule has 1 unspecified atom stereocenters. The summed E-state index contributed by atoms with van der Waals surface area (Å²) in [5, 5.41) is 0. The molecule has 8 atom stereocenters. The van der Waals surface area contributed by atoms with Crippen LogP contribution >= 0.6 is 0 Å². The lowest BCUT2D eigenvalue weighted by Crippen LogP contribution is -2.40. The zero-order valence-electron chi connectivity index (χ0n) is 28.4. The number of allylic oxidation sites excluding steroid dienone is 1. The maximum atomic E-state index is 13.3. The van der Waals surface area contributed by atoms with Gasteiger partial charge in [0.05, 0.1) is 18.6 Å². The van der Waals surface area contributed by atoms with E-state index in [4.69, 9.17) is 28.4 Å². The van der Waals surface area contributed by atoms with Crippen molar-refractivity contribution in [1.82, 2.24) is 0 Å². The summed E-state index contributed by atoms with van der Waals surface area (Å²) in [4.78, 5) is 39.6. The Labute approximate surface area is 274 Å². The molecular weight excluding hydrogens is 588 g/mol. The molecule has 3 fully saturated rings. The average Bonchev–Trinajstić information content (AvgIpc) is 3.82. The smallest absolute Gasteiger partial charge is 0.347 e. The molecule has 0 aromatic carbocycles. The van der Waals surface area contributed by atoms with E-state index in [1.807, 2.05) is 13.8 Å². The van der Waals surface area contributed by atoms with Gasteiger partial charge in [-0.05, 0) is 38.7 Å². The van der Waals surface area contributed by atoms with Gasteiger partial charge in [-0.25, -0.2) is 9.59 Å². The molecule has 0 aliphatic carbocycles. The summed E-state index contributed by atoms with van der Waals surface area (Å²) in [6.07, 6.45) is 16.1. The fraction of sp³-hybridized carbons (Fsp3) is 0.757. The first-order valence-corrected chi connectivity index (χ1v) is 17.6. The molecule has 2 spiro atoms. The number of ether oxygens (including phenoxy) is 6. The highest BCUT2D eigenvalue weighted by molar-refractivity contribution is 5.93. The second kappa shape index (κ2) is 14.3. The van der Waals surface area contributed by atoms with Crippen LogP contribution in [0.2, 0.25) is 0 Å². The predicted octanol–water partition coefficient (Wildman–Crippen LogP) is 7.17. The molecule has 0 radical (unpaired) electrons. The molecule has 3 saturated heterocycles. The molecule has 5 heterocycles. The lowest BCUT2D eigenvalue weighted by molar-refractivity contribution is -0.186. The minimum atomic E-state index is -1.43. The van der Waals surface area contributed by atoms with Gasteiger partial charge in [0.25, 0.3) is 5.60 Å². The van der Waals surface area contributed by atoms with Crippen molar-refractivity contribution in [3.63, 3.8) is 0 Å². The van der Waals surface area contributed by atoms with Gasteiger partial charge in [-0.2, -0.15) is 0 Å². The first-order valence-electron chi connectivity index (χ1n) is 17.6. The molecule has 0 aromatic rings. The lowest BCUT2D eigenvalue weighted by Gasteiger charge is -2.30. The second-order valence-corrected chi connectivity index (χ2v) is 14.2. The number of unbranched alkanes of at least 4 members (excludes halogenated alkanes) is 12. The van der Waals surface area contributed by atoms with Gasteiger partial charge in [-0.15, -0.1) is 0 Å². The molecule has 46 heavy (non-hydrogen) atoms. The normalized spacial score (nSPS) is 35.2. The van der Waals surface area contributed by atoms with Crippen molar-refractivity contribution in [2.45, 2.75) is 159 Å². The fourth-order valence-electron chi connectivity index (χ4n) is 7.94. The van der Waals surface area contributed by atoms with E-state index in [2.05, 4.69) is 20.1 Å². The average molecular weight is 643 g/mol. The molecule has 4 bridgehead atoms. The van der Waals surface area contributed by atoms with Gasteiger partial charge in [0, 0.05) is 12.8 Å². The minimum absolute atomic E-state index is 0.266. The Morgan fingerprint density at radius 3 is 2.09 bits per heavy atom. The van der Waals surface area contributed by atoms with Gasteiger partial charge in [-0.3, -0.25) is 4.79 Å². The minimum Gasteiger partial charge on any atom is -0.467 e. The summed E-state index contributed by atoms with van der Waals surface area (Å²) >= 11 is 0. The van der Waals surface area contributed by atoms with Crippen molar-refractivity contribution in [3.8, 4) is 0 Å². The zero-order chi connectivity index (χ0) is 33.1. The van der Waals surface area contributed by atoms with Crippen LogP contribution in [0.4, 0.5) is 0 Å². The fourth-order valence-corrected chi connectivity index (χ4v) is 7.94. The van der Waals surface area contributed by atoms with Crippen LogP contribution in [0.3, 0.4) is 0 Å². The number of carbonyl (C=O) groups is 3. The van der Waals surface area contributed by atoms with E-state index >= 15 is 0 Å². The number of esters is 3. The Morgan fingerprint density at radius 1 is 0.913 bits per heavy atom. The number of epoxide rings is 2. The van der Waals surface area contributed by atoms with E-state index in [-0.39, 0.29) is 31.1 Å². The van der Waals surface area contributed by atoms with Gasteiger partial charge in [0.1, 0.15) is 12.2 Å². The number of methoxy groups -OCH3 is 1. The first kappa shape index (κ1) is 34.8. The van der Waals surface area contributed by atoms with Crippen molar-refractivity contribution in [2.24, 2.45) is 11.8 Å². The third-order valence-electron chi connectivity index (χ3n) is 10.6. The van der Waals surface area contributed by atoms with Crippen LogP contribution in [0, 0.1) is 11.8 Å². The number of rotatable bonds is 18. The predicted molar refractivity (Wildman–Crippen MR) is 171 cm³/mol. The largest absolute Gasteiger partial charge is 0.467 e. The molecule has 0 aromatic heterocycles. The Bertz CT molecular complexity index is 1220. The highest BCUT2D eigenvalue weighted by atomic mass is 17.0. The monoisotopic (exact) mass is 642 g/mol. The van der Waals surface area contributed by atoms with Crippen LogP contribution in [0.15, 0.2) is 36.0 Å². The highest BCUT2D eigenvalue weighted by Gasteiger charge is 2.99. The van der Waals surface area contributed by atoms with E-state index in [0.29, 0.717) is 11.1 Å². The Morgan fingerprint density at radius 2 is 1.52 bits per heavy atom. The zero-order valence-corrected chi connectivity index (χ0v) is 28.4. The highest BCUT2D eigenvalue weighted by Crippen LogP contribution is 2.75. The van der Waals surface area contributed by atoms with Crippen molar-refractivity contribution in [3.05, 3.63) is 36.0 Å². The molecule has 256 valence electrons. The molecule has 9 nitrogen and oxygen atoms in total. The van der Waals surface area contributed by atoms with Gasteiger partial charge < -0.3 is 28.4 Å². The number of hydrogen-bond acceptors (Lipinski definition) is 9. The third-order valence-corrected chi connectivity index (χ3v) is 10.6. The van der Waals surface area contributed by atoms with Crippen LogP contribution in [0.25, 0.3) is 0 Å². The van der Waals surface area contributed by atoms with Gasteiger partial charge >= 0.3 is 17.9 Å². The second-order valence-electron chi connectivity index (χ2n) is 14.2. The van der Waals surface area contributed by atoms with Crippen molar-refractivity contribution in [2.75, 3.05) is 7.11 Å². The van der Waals surface area contributed by atoms with Crippen LogP contribution in [-0.4, -0.2) is 60.5 Å². The van der Waals surface area contributed by atoms with Gasteiger partial charge in [0.15, 0.2) is 6.10 Å². The molecule has 5 rings (SSSR count). The third kappa shape index (κ3) is 6.61. The lowest BCUT2D eigenvalue weighted by atomic mass is 9.81. The molecule has 9 heteroatoms. The first-order chi connectivity index (χ1) is 22.0. The van der Waals surface area contributed by atoms with Gasteiger partial charge in [-0.1, -0.05) is 108 Å². The van der Waals surface area contributed by atoms with Crippen LogP contribution in [0.5, 0.6) is 0 Å². The number of fused-ring (bicyclic) bond motifs is 2. The SMILES string of the molecule is C=C(C)C1C[C@H](OC(=O)CCCCCCCCCCCCCCC)C2=C[C@@H](OC2=O)[C@@H](C(=C)C)[C@]23O[C@@H]2[C@]2(C(=O)OC)O[C@@]2(C1)O3. The van der Waals surface area contributed by atoms with E-state index in [0.717, 1.165) is 24.8 Å². The Balaban J connectivity index is 1.19. The molecule has 0 saturated carbocycles. The van der Waals surface area contributed by atoms with Crippen molar-refractivity contribution >= 4 is 17.9 Å². The summed E-state index contributed by atoms with van der Waals surface area (Å²) < 4.78 is 35.8. The van der Waals surface area contributed by atoms with E-state index < -0.39 is 53.3 Å². The summed E-state index contributed by atoms with van der Waals surface area (Å²) in [7, 11) is 1.31. The quantitative estimate of drug-likeness (QED) is 0.0505. The summed E-state index contributed by atoms with van der Waals surface area (Å²) in [6, 6.07) is 0. The Hall–Kier alpha value is -2.49. The van der Waals surface area contributed by atoms with Crippen LogP contribution in [-0.2, 0) is 42.8 Å². The molecular formula is C37H54O9. The van der Waals surface area contributed by atoms with Crippen LogP contribution in [0.1, 0.15) is 124 Å². The molecule has 0 amide bonds. The van der Waals surface area contributed by atoms with E-state index in [9.17, 15) is 14.4 Å². The Kier molecular flexibility index (Phi) is 10.8. The summed E-state index contributed by atoms with van der Waals surface area (Å²) in [5.41, 5.74) is 0.333. The standard InChI is InChI=1S/C37H54O9/c1-7-8-9-10-11-12-13-14-15-16-17-18-19-20-30(38)42-28-21-26(24(2)3)23-35-36(45-35,34(40)41-6)33-37(44-33,46-35)31(25(4)5)29-22-27(28)32(39)43-29/h22,26,28-29,31,33H,2,4,7-21,23H2,1,3,5-6H3/t26?,28-,29+,31+,33+,35-,36+,37+/m0/s1. The topological polar surface area (TPSA) is 113 Å². The number of carbonyl (C=O) groups excluding carboxylic acids is 3. The molecule has 5 aliphatic heterocycles. The summed E-state index contributed by atoms with van der Waals surface area (Å²) in [6.45, 7) is 14.3. The number of hydrogen-bond donors (Lipinski definition) is 0. The van der Waals surface area contributed by atoms with E-state index in [1.54, 1.807) is 6.08 Å². The van der Waals surface area contributed by atoms with Crippen molar-refractivity contribution in [1.29, 1.82) is 0 Å².